The number of carboxylic acids is 1. The van der Waals surface area contributed by atoms with Crippen molar-refractivity contribution >= 4 is 29.2 Å². The Bertz CT molecular complexity index is 476. The Morgan fingerprint density at radius 3 is 2.28 bits per heavy atom. The van der Waals surface area contributed by atoms with Crippen molar-refractivity contribution < 1.29 is 27.9 Å². The molecule has 4 nitrogen and oxygen atoms in total. The van der Waals surface area contributed by atoms with Crippen LogP contribution in [0.5, 0.6) is 0 Å². The van der Waals surface area contributed by atoms with Gasteiger partial charge in [-0.15, -0.1) is 0 Å². The zero-order valence-electron chi connectivity index (χ0n) is 8.74. The first-order chi connectivity index (χ1) is 8.23. The highest BCUT2D eigenvalue weighted by Gasteiger charge is 2.44. The van der Waals surface area contributed by atoms with E-state index in [9.17, 15) is 22.8 Å². The summed E-state index contributed by atoms with van der Waals surface area (Å²) in [5.74, 6) is -3.86. The number of anilines is 1. The molecule has 0 aliphatic heterocycles. The van der Waals surface area contributed by atoms with E-state index in [0.717, 1.165) is 6.07 Å². The molecule has 0 unspecified atom stereocenters. The van der Waals surface area contributed by atoms with Gasteiger partial charge in [0.2, 0.25) is 0 Å². The number of carboxylic acid groups (broad SMARTS) is 1. The highest BCUT2D eigenvalue weighted by atomic mass is 35.5. The number of carbonyl (C=O) groups excluding carboxylic acids is 1. The highest BCUT2D eigenvalue weighted by molar-refractivity contribution is 6.34. The molecule has 0 spiro atoms. The van der Waals surface area contributed by atoms with E-state index in [2.05, 4.69) is 0 Å². The molecule has 0 aliphatic carbocycles. The Balaban J connectivity index is 3.18. The molecule has 18 heavy (non-hydrogen) atoms. The third-order valence-corrected chi connectivity index (χ3v) is 2.24. The van der Waals surface area contributed by atoms with E-state index in [-0.39, 0.29) is 15.6 Å². The number of halogens is 4. The van der Waals surface area contributed by atoms with Crippen LogP contribution in [0.2, 0.25) is 5.02 Å². The third kappa shape index (κ3) is 3.36. The fraction of sp³-hybridized carbons (Fsp3) is 0.200. The number of alkyl halides is 3. The van der Waals surface area contributed by atoms with Crippen molar-refractivity contribution in [3.63, 3.8) is 0 Å². The van der Waals surface area contributed by atoms with Crippen LogP contribution >= 0.6 is 11.6 Å². The van der Waals surface area contributed by atoms with E-state index in [4.69, 9.17) is 16.7 Å². The second-order valence-corrected chi connectivity index (χ2v) is 3.64. The minimum atomic E-state index is -5.17. The van der Waals surface area contributed by atoms with Gasteiger partial charge in [-0.3, -0.25) is 14.5 Å². The number of aliphatic carboxylic acids is 1. The zero-order valence-corrected chi connectivity index (χ0v) is 9.50. The van der Waals surface area contributed by atoms with E-state index in [1.807, 2.05) is 0 Å². The predicted octanol–water partition coefficient (Wildman–Crippen LogP) is 2.32. The average molecular weight is 282 g/mol. The molecular weight excluding hydrogens is 275 g/mol. The molecule has 0 aromatic heterocycles. The van der Waals surface area contributed by atoms with Gasteiger partial charge in [-0.2, -0.15) is 13.2 Å². The van der Waals surface area contributed by atoms with Gasteiger partial charge >= 0.3 is 18.1 Å². The molecule has 0 saturated carbocycles. The van der Waals surface area contributed by atoms with Crippen LogP contribution in [0.15, 0.2) is 24.3 Å². The van der Waals surface area contributed by atoms with Gasteiger partial charge < -0.3 is 5.11 Å². The van der Waals surface area contributed by atoms with Crippen molar-refractivity contribution in [3.8, 4) is 0 Å². The molecule has 0 radical (unpaired) electrons. The van der Waals surface area contributed by atoms with E-state index >= 15 is 0 Å². The number of rotatable bonds is 3. The first kappa shape index (κ1) is 14.3. The van der Waals surface area contributed by atoms with Crippen molar-refractivity contribution in [1.82, 2.24) is 0 Å². The van der Waals surface area contributed by atoms with Gasteiger partial charge in [-0.05, 0) is 12.1 Å². The molecule has 0 atom stereocenters. The summed E-state index contributed by atoms with van der Waals surface area (Å²) < 4.78 is 37.0. The predicted molar refractivity (Wildman–Crippen MR) is 57.5 cm³/mol. The topological polar surface area (TPSA) is 57.6 Å². The fourth-order valence-electron chi connectivity index (χ4n) is 1.23. The highest BCUT2D eigenvalue weighted by Crippen LogP contribution is 2.29. The maximum Gasteiger partial charge on any atom is 0.471 e. The van der Waals surface area contributed by atoms with Crippen LogP contribution in [0.3, 0.4) is 0 Å². The summed E-state index contributed by atoms with van der Waals surface area (Å²) in [5, 5.41) is 8.40. The molecule has 0 fully saturated rings. The molecule has 0 bridgehead atoms. The maximum atomic E-state index is 12.3. The van der Waals surface area contributed by atoms with E-state index in [1.165, 1.54) is 18.2 Å². The van der Waals surface area contributed by atoms with Crippen LogP contribution in [0, 0.1) is 0 Å². The van der Waals surface area contributed by atoms with Crippen LogP contribution < -0.4 is 4.90 Å². The number of amides is 1. The minimum absolute atomic E-state index is 0.0741. The lowest BCUT2D eigenvalue weighted by molar-refractivity contribution is -0.170. The quantitative estimate of drug-likeness (QED) is 0.925. The zero-order chi connectivity index (χ0) is 13.9. The largest absolute Gasteiger partial charge is 0.480 e. The number of hydrogen-bond donors (Lipinski definition) is 1. The van der Waals surface area contributed by atoms with Gasteiger partial charge in [0.05, 0.1) is 10.7 Å². The number of benzene rings is 1. The maximum absolute atomic E-state index is 12.3. The summed E-state index contributed by atoms with van der Waals surface area (Å²) in [6, 6.07) is 5.19. The van der Waals surface area contributed by atoms with Gasteiger partial charge in [0, 0.05) is 0 Å². The van der Waals surface area contributed by atoms with Gasteiger partial charge in [-0.25, -0.2) is 0 Å². The lowest BCUT2D eigenvalue weighted by Gasteiger charge is -2.22. The molecule has 8 heteroatoms. The van der Waals surface area contributed by atoms with Gasteiger partial charge in [0.1, 0.15) is 6.54 Å². The Kier molecular flexibility index (Phi) is 4.18. The lowest BCUT2D eigenvalue weighted by Crippen LogP contribution is -2.44. The molecule has 1 N–H and O–H groups in total. The smallest absolute Gasteiger partial charge is 0.471 e. The summed E-state index contributed by atoms with van der Waals surface area (Å²) in [6.07, 6.45) is -5.17. The second kappa shape index (κ2) is 5.26. The number of carbonyl (C=O) groups is 2. The van der Waals surface area contributed by atoms with Crippen molar-refractivity contribution in [3.05, 3.63) is 29.3 Å². The van der Waals surface area contributed by atoms with Crippen molar-refractivity contribution in [2.24, 2.45) is 0 Å². The summed E-state index contributed by atoms with van der Waals surface area (Å²) in [6.45, 7) is -1.12. The molecule has 1 rings (SSSR count). The monoisotopic (exact) mass is 281 g/mol. The SMILES string of the molecule is O=C(O)CN(C(=O)C(F)(F)F)c1ccccc1Cl. The van der Waals surface area contributed by atoms with E-state index < -0.39 is 24.6 Å². The van der Waals surface area contributed by atoms with Gasteiger partial charge in [0.25, 0.3) is 0 Å². The first-order valence-electron chi connectivity index (χ1n) is 4.58. The van der Waals surface area contributed by atoms with Crippen LogP contribution in [0.25, 0.3) is 0 Å². The Morgan fingerprint density at radius 2 is 1.83 bits per heavy atom. The van der Waals surface area contributed by atoms with Gasteiger partial charge in [-0.1, -0.05) is 23.7 Å². The van der Waals surface area contributed by atoms with Crippen molar-refractivity contribution in [2.75, 3.05) is 11.4 Å². The van der Waals surface area contributed by atoms with Crippen LogP contribution in [0.1, 0.15) is 0 Å². The van der Waals surface area contributed by atoms with E-state index in [0.29, 0.717) is 0 Å². The summed E-state index contributed by atoms with van der Waals surface area (Å²) >= 11 is 5.64. The van der Waals surface area contributed by atoms with Crippen molar-refractivity contribution in [1.29, 1.82) is 0 Å². The Morgan fingerprint density at radius 1 is 1.28 bits per heavy atom. The van der Waals surface area contributed by atoms with Crippen LogP contribution in [-0.2, 0) is 9.59 Å². The summed E-state index contributed by atoms with van der Waals surface area (Å²) in [5.41, 5.74) is -0.302. The van der Waals surface area contributed by atoms with E-state index in [1.54, 1.807) is 0 Å². The first-order valence-corrected chi connectivity index (χ1v) is 4.96. The lowest BCUT2D eigenvalue weighted by atomic mass is 10.2. The number of hydrogen-bond acceptors (Lipinski definition) is 2. The van der Waals surface area contributed by atoms with Crippen LogP contribution in [-0.4, -0.2) is 29.7 Å². The number of para-hydroxylation sites is 1. The molecule has 1 aromatic rings. The summed E-state index contributed by atoms with van der Waals surface area (Å²) in [7, 11) is 0. The standard InChI is InChI=1S/C10H7ClF3NO3/c11-6-3-1-2-4-7(6)15(5-8(16)17)9(18)10(12,13)14/h1-4H,5H2,(H,16,17). The average Bonchev–Trinajstić information content (AvgIpc) is 2.24. The third-order valence-electron chi connectivity index (χ3n) is 1.92. The molecular formula is C10H7ClF3NO3. The van der Waals surface area contributed by atoms with Crippen LogP contribution in [0.4, 0.5) is 18.9 Å². The second-order valence-electron chi connectivity index (χ2n) is 3.23. The summed E-state index contributed by atoms with van der Waals surface area (Å²) in [4.78, 5) is 21.7. The minimum Gasteiger partial charge on any atom is -0.480 e. The van der Waals surface area contributed by atoms with Crippen molar-refractivity contribution in [2.45, 2.75) is 6.18 Å². The van der Waals surface area contributed by atoms with Gasteiger partial charge in [0.15, 0.2) is 0 Å². The molecule has 1 amide bonds. The molecule has 0 aliphatic rings. The molecule has 0 heterocycles. The Hall–Kier alpha value is -1.76. The molecule has 98 valence electrons. The number of nitrogens with zero attached hydrogens (tertiary/aromatic N) is 1. The molecule has 0 saturated heterocycles. The Labute approximate surface area is 105 Å². The fourth-order valence-corrected chi connectivity index (χ4v) is 1.46. The normalized spacial score (nSPS) is 11.1. The molecule has 1 aromatic carbocycles.